The van der Waals surface area contributed by atoms with Crippen molar-refractivity contribution in [1.82, 2.24) is 9.88 Å². The standard InChI is InChI=1S/C21H21ClN2O4/c1-13(12-25)23-20(26)9-15-11-24(19-8-7-17(28-2)10-18(15)19)21(27)14-3-5-16(22)6-4-14/h3-8,10-11,13,25H,9,12H2,1-2H3,(H,23,26)/t13-/m1/s1. The van der Waals surface area contributed by atoms with E-state index in [4.69, 9.17) is 21.4 Å². The van der Waals surface area contributed by atoms with E-state index in [-0.39, 0.29) is 30.9 Å². The van der Waals surface area contributed by atoms with Crippen molar-refractivity contribution in [3.05, 3.63) is 64.8 Å². The van der Waals surface area contributed by atoms with Gasteiger partial charge in [0.25, 0.3) is 5.91 Å². The molecule has 0 fully saturated rings. The lowest BCUT2D eigenvalue weighted by molar-refractivity contribution is -0.121. The quantitative estimate of drug-likeness (QED) is 0.666. The average molecular weight is 401 g/mol. The monoisotopic (exact) mass is 400 g/mol. The molecule has 2 aromatic carbocycles. The van der Waals surface area contributed by atoms with Crippen LogP contribution >= 0.6 is 11.6 Å². The molecule has 3 rings (SSSR count). The molecule has 0 spiro atoms. The van der Waals surface area contributed by atoms with Crippen LogP contribution in [0, 0.1) is 0 Å². The van der Waals surface area contributed by atoms with Gasteiger partial charge in [0.05, 0.1) is 25.7 Å². The van der Waals surface area contributed by atoms with Crippen LogP contribution < -0.4 is 10.1 Å². The summed E-state index contributed by atoms with van der Waals surface area (Å²) < 4.78 is 6.81. The Kier molecular flexibility index (Phi) is 6.02. The molecule has 28 heavy (non-hydrogen) atoms. The Labute approximate surface area is 167 Å². The Bertz CT molecular complexity index is 1010. The number of halogens is 1. The summed E-state index contributed by atoms with van der Waals surface area (Å²) in [5, 5.41) is 13.1. The molecule has 0 unspecified atom stereocenters. The van der Waals surface area contributed by atoms with Gasteiger partial charge in [-0.25, -0.2) is 0 Å². The summed E-state index contributed by atoms with van der Waals surface area (Å²) in [4.78, 5) is 25.3. The molecule has 6 nitrogen and oxygen atoms in total. The van der Waals surface area contributed by atoms with Gasteiger partial charge in [-0.3, -0.25) is 14.2 Å². The van der Waals surface area contributed by atoms with Crippen LogP contribution in [0.2, 0.25) is 5.02 Å². The summed E-state index contributed by atoms with van der Waals surface area (Å²) in [6, 6.07) is 11.7. The minimum atomic E-state index is -0.342. The number of amides is 1. The molecule has 2 N–H and O–H groups in total. The first-order valence-corrected chi connectivity index (χ1v) is 9.19. The zero-order valence-electron chi connectivity index (χ0n) is 15.6. The van der Waals surface area contributed by atoms with E-state index in [9.17, 15) is 9.59 Å². The number of methoxy groups -OCH3 is 1. The van der Waals surface area contributed by atoms with Gasteiger partial charge < -0.3 is 15.2 Å². The molecular weight excluding hydrogens is 380 g/mol. The van der Waals surface area contributed by atoms with Gasteiger partial charge in [0.15, 0.2) is 0 Å². The van der Waals surface area contributed by atoms with Crippen LogP contribution in [0.3, 0.4) is 0 Å². The third-order valence-corrected chi connectivity index (χ3v) is 4.69. The third kappa shape index (κ3) is 4.18. The van der Waals surface area contributed by atoms with E-state index in [1.165, 1.54) is 4.57 Å². The summed E-state index contributed by atoms with van der Waals surface area (Å²) in [7, 11) is 1.56. The van der Waals surface area contributed by atoms with Crippen LogP contribution in [0.1, 0.15) is 22.8 Å². The Hall–Kier alpha value is -2.83. The number of carbonyl (C=O) groups is 2. The predicted molar refractivity (Wildman–Crippen MR) is 108 cm³/mol. The molecule has 0 saturated heterocycles. The average Bonchev–Trinajstić information content (AvgIpc) is 3.05. The Morgan fingerprint density at radius 2 is 1.93 bits per heavy atom. The van der Waals surface area contributed by atoms with Crippen molar-refractivity contribution >= 4 is 34.3 Å². The van der Waals surface area contributed by atoms with E-state index in [1.807, 2.05) is 0 Å². The van der Waals surface area contributed by atoms with E-state index in [0.717, 1.165) is 5.39 Å². The molecule has 1 atom stereocenters. The third-order valence-electron chi connectivity index (χ3n) is 4.44. The SMILES string of the molecule is COc1ccc2c(c1)c(CC(=O)N[C@H](C)CO)cn2C(=O)c1ccc(Cl)cc1. The van der Waals surface area contributed by atoms with Crippen LogP contribution in [-0.4, -0.2) is 41.2 Å². The molecule has 1 heterocycles. The molecule has 0 radical (unpaired) electrons. The highest BCUT2D eigenvalue weighted by atomic mass is 35.5. The first kappa shape index (κ1) is 19.9. The fourth-order valence-electron chi connectivity index (χ4n) is 2.99. The van der Waals surface area contributed by atoms with E-state index < -0.39 is 0 Å². The highest BCUT2D eigenvalue weighted by Gasteiger charge is 2.18. The van der Waals surface area contributed by atoms with Gasteiger partial charge in [-0.15, -0.1) is 0 Å². The van der Waals surface area contributed by atoms with Crippen LogP contribution in [0.4, 0.5) is 0 Å². The molecule has 0 bridgehead atoms. The number of aromatic nitrogens is 1. The van der Waals surface area contributed by atoms with Crippen molar-refractivity contribution in [3.63, 3.8) is 0 Å². The van der Waals surface area contributed by atoms with Crippen LogP contribution in [0.15, 0.2) is 48.7 Å². The first-order valence-electron chi connectivity index (χ1n) is 8.81. The number of rotatable bonds is 6. The number of ether oxygens (including phenoxy) is 1. The molecule has 0 aliphatic heterocycles. The van der Waals surface area contributed by atoms with Gasteiger partial charge in [-0.1, -0.05) is 11.6 Å². The fraction of sp³-hybridized carbons (Fsp3) is 0.238. The molecule has 7 heteroatoms. The second kappa shape index (κ2) is 8.46. The van der Waals surface area contributed by atoms with E-state index in [0.29, 0.717) is 27.4 Å². The van der Waals surface area contributed by atoms with Gasteiger partial charge in [0.1, 0.15) is 5.75 Å². The maximum absolute atomic E-state index is 13.0. The minimum absolute atomic E-state index is 0.0783. The van der Waals surface area contributed by atoms with Crippen molar-refractivity contribution in [2.45, 2.75) is 19.4 Å². The van der Waals surface area contributed by atoms with Crippen molar-refractivity contribution in [2.24, 2.45) is 0 Å². The number of carbonyl (C=O) groups excluding carboxylic acids is 2. The van der Waals surface area contributed by atoms with Gasteiger partial charge in [0, 0.05) is 28.2 Å². The zero-order valence-corrected chi connectivity index (χ0v) is 16.4. The molecule has 0 saturated carbocycles. The summed E-state index contributed by atoms with van der Waals surface area (Å²) >= 11 is 5.91. The first-order chi connectivity index (χ1) is 13.4. The van der Waals surface area contributed by atoms with E-state index in [2.05, 4.69) is 5.32 Å². The fourth-order valence-corrected chi connectivity index (χ4v) is 3.12. The minimum Gasteiger partial charge on any atom is -0.497 e. The Morgan fingerprint density at radius 1 is 1.21 bits per heavy atom. The second-order valence-corrected chi connectivity index (χ2v) is 6.98. The number of aliphatic hydroxyl groups excluding tert-OH is 1. The number of benzene rings is 2. The zero-order chi connectivity index (χ0) is 20.3. The number of nitrogens with zero attached hydrogens (tertiary/aromatic N) is 1. The lowest BCUT2D eigenvalue weighted by Crippen LogP contribution is -2.35. The van der Waals surface area contributed by atoms with Gasteiger partial charge >= 0.3 is 0 Å². The number of hydrogen-bond acceptors (Lipinski definition) is 4. The molecule has 0 aliphatic carbocycles. The largest absolute Gasteiger partial charge is 0.497 e. The van der Waals surface area contributed by atoms with Crippen molar-refractivity contribution in [3.8, 4) is 5.75 Å². The molecule has 1 aromatic heterocycles. The summed E-state index contributed by atoms with van der Waals surface area (Å²) in [6.07, 6.45) is 1.75. The highest BCUT2D eigenvalue weighted by Crippen LogP contribution is 2.27. The smallest absolute Gasteiger partial charge is 0.262 e. The predicted octanol–water partition coefficient (Wildman–Crippen LogP) is 3.03. The number of aliphatic hydroxyl groups is 1. The van der Waals surface area contributed by atoms with Crippen molar-refractivity contribution in [1.29, 1.82) is 0 Å². The lowest BCUT2D eigenvalue weighted by Gasteiger charge is -2.10. The lowest BCUT2D eigenvalue weighted by atomic mass is 10.1. The number of fused-ring (bicyclic) bond motifs is 1. The van der Waals surface area contributed by atoms with Crippen molar-refractivity contribution in [2.75, 3.05) is 13.7 Å². The molecule has 3 aromatic rings. The van der Waals surface area contributed by atoms with E-state index in [1.54, 1.807) is 62.7 Å². The molecule has 146 valence electrons. The maximum Gasteiger partial charge on any atom is 0.262 e. The second-order valence-electron chi connectivity index (χ2n) is 6.55. The maximum atomic E-state index is 13.0. The highest BCUT2D eigenvalue weighted by molar-refractivity contribution is 6.30. The van der Waals surface area contributed by atoms with Crippen LogP contribution in [-0.2, 0) is 11.2 Å². The Morgan fingerprint density at radius 3 is 2.57 bits per heavy atom. The summed E-state index contributed by atoms with van der Waals surface area (Å²) in [6.45, 7) is 1.57. The summed E-state index contributed by atoms with van der Waals surface area (Å²) in [5.74, 6) is 0.180. The Balaban J connectivity index is 2.02. The van der Waals surface area contributed by atoms with Crippen LogP contribution in [0.25, 0.3) is 10.9 Å². The number of hydrogen-bond donors (Lipinski definition) is 2. The topological polar surface area (TPSA) is 80.6 Å². The van der Waals surface area contributed by atoms with E-state index >= 15 is 0 Å². The normalized spacial score (nSPS) is 12.0. The molecular formula is C21H21ClN2O4. The van der Waals surface area contributed by atoms with Gasteiger partial charge in [-0.05, 0) is 55.0 Å². The van der Waals surface area contributed by atoms with Crippen molar-refractivity contribution < 1.29 is 19.4 Å². The van der Waals surface area contributed by atoms with Gasteiger partial charge in [-0.2, -0.15) is 0 Å². The van der Waals surface area contributed by atoms with Crippen LogP contribution in [0.5, 0.6) is 5.75 Å². The van der Waals surface area contributed by atoms with Gasteiger partial charge in [0.2, 0.25) is 5.91 Å². The molecule has 1 amide bonds. The number of nitrogens with one attached hydrogen (secondary N) is 1. The summed E-state index contributed by atoms with van der Waals surface area (Å²) in [5.41, 5.74) is 1.86. The molecule has 0 aliphatic rings.